The lowest BCUT2D eigenvalue weighted by atomic mass is 9.96. The standard InChI is InChI=1S/C35H43IO14/c1-20(37)42-19-27-29(45-21(2)38)31(46-22(3)39)33(47-23(4)40)35(49-27)50-32-30(44-18-25-14-10-7-11-15-25)28(26(16-36)48-34(32)41-5)43-17-24-12-8-6-9-13-24/h6-15,26-35H,16-19H2,1-5H3/t26-,27-,28-,29+,30+,31+,32-,33-,34+,35+/m1/s1. The fourth-order valence-electron chi connectivity index (χ4n) is 5.71. The Kier molecular flexibility index (Phi) is 15.4. The SMILES string of the molecule is CO[C@H]1O[C@H](CI)[C@@H](OCc2ccccc2)[C@H](OCc2ccccc2)[C@H]1O[C@@H]1O[C@H](COC(C)=O)[C@H](OC(C)=O)[C@H](OC(C)=O)[C@H]1OC(C)=O. The first kappa shape index (κ1) is 39.6. The van der Waals surface area contributed by atoms with Crippen LogP contribution in [0.15, 0.2) is 60.7 Å². The number of methoxy groups -OCH3 is 1. The van der Waals surface area contributed by atoms with Gasteiger partial charge in [-0.3, -0.25) is 19.2 Å². The topological polar surface area (TPSA) is 161 Å². The molecule has 0 bridgehead atoms. The summed E-state index contributed by atoms with van der Waals surface area (Å²) in [5, 5.41) is 0. The maximum absolute atomic E-state index is 12.5. The Hall–Kier alpha value is -3.19. The van der Waals surface area contributed by atoms with Crippen molar-refractivity contribution in [3.8, 4) is 0 Å². The first-order chi connectivity index (χ1) is 24.0. The highest BCUT2D eigenvalue weighted by Crippen LogP contribution is 2.36. The molecule has 2 heterocycles. The Bertz CT molecular complexity index is 1390. The van der Waals surface area contributed by atoms with Crippen molar-refractivity contribution in [2.24, 2.45) is 0 Å². The Morgan fingerprint density at radius 1 is 0.600 bits per heavy atom. The van der Waals surface area contributed by atoms with Crippen LogP contribution in [0.5, 0.6) is 0 Å². The van der Waals surface area contributed by atoms with Gasteiger partial charge in [-0.2, -0.15) is 0 Å². The molecule has 2 fully saturated rings. The lowest BCUT2D eigenvalue weighted by Gasteiger charge is -2.49. The molecule has 0 aromatic heterocycles. The lowest BCUT2D eigenvalue weighted by molar-refractivity contribution is -0.369. The molecule has 0 unspecified atom stereocenters. The van der Waals surface area contributed by atoms with Crippen molar-refractivity contribution in [2.45, 2.75) is 102 Å². The number of hydrogen-bond donors (Lipinski definition) is 0. The van der Waals surface area contributed by atoms with E-state index < -0.39 is 91.9 Å². The average molecular weight is 815 g/mol. The molecule has 0 N–H and O–H groups in total. The molecule has 0 radical (unpaired) electrons. The Morgan fingerprint density at radius 2 is 1.10 bits per heavy atom. The molecule has 2 saturated heterocycles. The molecule has 14 nitrogen and oxygen atoms in total. The molecule has 274 valence electrons. The Labute approximate surface area is 304 Å². The van der Waals surface area contributed by atoms with Gasteiger partial charge in [-0.15, -0.1) is 0 Å². The summed E-state index contributed by atoms with van der Waals surface area (Å²) in [5.74, 6) is -2.92. The second-order valence-corrected chi connectivity index (χ2v) is 12.5. The molecule has 2 aliphatic rings. The molecule has 50 heavy (non-hydrogen) atoms. The first-order valence-corrected chi connectivity index (χ1v) is 17.5. The minimum Gasteiger partial charge on any atom is -0.463 e. The van der Waals surface area contributed by atoms with E-state index in [-0.39, 0.29) is 13.2 Å². The van der Waals surface area contributed by atoms with Gasteiger partial charge in [0.05, 0.1) is 19.3 Å². The molecule has 10 atom stereocenters. The largest absolute Gasteiger partial charge is 0.463 e. The van der Waals surface area contributed by atoms with Crippen LogP contribution in [-0.4, -0.2) is 103 Å². The summed E-state index contributed by atoms with van der Waals surface area (Å²) in [6, 6.07) is 19.1. The second-order valence-electron chi connectivity index (χ2n) is 11.6. The van der Waals surface area contributed by atoms with Gasteiger partial charge in [-0.1, -0.05) is 83.3 Å². The quantitative estimate of drug-likeness (QED) is 0.111. The van der Waals surface area contributed by atoms with Crippen LogP contribution >= 0.6 is 22.6 Å². The van der Waals surface area contributed by atoms with Gasteiger partial charge < -0.3 is 47.4 Å². The normalized spacial score (nSPS) is 29.4. The van der Waals surface area contributed by atoms with E-state index in [1.165, 1.54) is 14.0 Å². The number of esters is 4. The van der Waals surface area contributed by atoms with Crippen LogP contribution in [0.2, 0.25) is 0 Å². The smallest absolute Gasteiger partial charge is 0.303 e. The van der Waals surface area contributed by atoms with E-state index in [2.05, 4.69) is 22.6 Å². The summed E-state index contributed by atoms with van der Waals surface area (Å²) >= 11 is 2.20. The van der Waals surface area contributed by atoms with E-state index in [1.807, 2.05) is 60.7 Å². The molecular formula is C35H43IO14. The number of halogens is 1. The van der Waals surface area contributed by atoms with Gasteiger partial charge in [0, 0.05) is 39.2 Å². The zero-order chi connectivity index (χ0) is 36.2. The molecule has 0 aliphatic carbocycles. The van der Waals surface area contributed by atoms with Crippen molar-refractivity contribution >= 4 is 46.5 Å². The van der Waals surface area contributed by atoms with Crippen LogP contribution < -0.4 is 0 Å². The van der Waals surface area contributed by atoms with Crippen LogP contribution in [-0.2, 0) is 79.8 Å². The van der Waals surface area contributed by atoms with Crippen molar-refractivity contribution in [1.29, 1.82) is 0 Å². The molecule has 0 saturated carbocycles. The molecule has 2 aromatic rings. The highest BCUT2D eigenvalue weighted by Gasteiger charge is 2.56. The molecule has 0 amide bonds. The summed E-state index contributed by atoms with van der Waals surface area (Å²) in [6.45, 7) is 4.62. The predicted molar refractivity (Wildman–Crippen MR) is 181 cm³/mol. The van der Waals surface area contributed by atoms with Gasteiger partial charge in [-0.25, -0.2) is 0 Å². The van der Waals surface area contributed by atoms with Crippen LogP contribution in [0.1, 0.15) is 38.8 Å². The number of alkyl halides is 1. The molecular weight excluding hydrogens is 771 g/mol. The Morgan fingerprint density at radius 3 is 1.60 bits per heavy atom. The fourth-order valence-corrected chi connectivity index (χ4v) is 6.42. The highest BCUT2D eigenvalue weighted by molar-refractivity contribution is 14.1. The minimum atomic E-state index is -1.50. The van der Waals surface area contributed by atoms with Gasteiger partial charge in [0.25, 0.3) is 0 Å². The monoisotopic (exact) mass is 814 g/mol. The van der Waals surface area contributed by atoms with E-state index in [1.54, 1.807) is 0 Å². The van der Waals surface area contributed by atoms with Crippen molar-refractivity contribution < 1.29 is 66.5 Å². The van der Waals surface area contributed by atoms with Gasteiger partial charge >= 0.3 is 23.9 Å². The number of carbonyl (C=O) groups is 4. The minimum absolute atomic E-state index is 0.166. The third-order valence-electron chi connectivity index (χ3n) is 7.79. The highest BCUT2D eigenvalue weighted by atomic mass is 127. The van der Waals surface area contributed by atoms with Gasteiger partial charge in [0.15, 0.2) is 30.9 Å². The van der Waals surface area contributed by atoms with E-state index in [9.17, 15) is 19.2 Å². The van der Waals surface area contributed by atoms with Crippen molar-refractivity contribution in [3.05, 3.63) is 71.8 Å². The Balaban J connectivity index is 1.75. The van der Waals surface area contributed by atoms with Crippen molar-refractivity contribution in [2.75, 3.05) is 18.1 Å². The first-order valence-electron chi connectivity index (χ1n) is 16.0. The van der Waals surface area contributed by atoms with Crippen LogP contribution in [0.25, 0.3) is 0 Å². The van der Waals surface area contributed by atoms with Crippen LogP contribution in [0.4, 0.5) is 0 Å². The maximum Gasteiger partial charge on any atom is 0.303 e. The molecule has 15 heteroatoms. The fraction of sp³-hybridized carbons (Fsp3) is 0.543. The summed E-state index contributed by atoms with van der Waals surface area (Å²) < 4.78 is 60.5. The van der Waals surface area contributed by atoms with Gasteiger partial charge in [-0.05, 0) is 11.1 Å². The van der Waals surface area contributed by atoms with Crippen molar-refractivity contribution in [1.82, 2.24) is 0 Å². The number of benzene rings is 2. The molecule has 2 aliphatic heterocycles. The van der Waals surface area contributed by atoms with E-state index in [4.69, 9.17) is 47.4 Å². The van der Waals surface area contributed by atoms with Crippen molar-refractivity contribution in [3.63, 3.8) is 0 Å². The van der Waals surface area contributed by atoms with Gasteiger partial charge in [0.1, 0.15) is 31.0 Å². The maximum atomic E-state index is 12.5. The molecule has 4 rings (SSSR count). The molecule has 0 spiro atoms. The zero-order valence-electron chi connectivity index (χ0n) is 28.5. The number of ether oxygens (including phenoxy) is 10. The molecule has 2 aromatic carbocycles. The van der Waals surface area contributed by atoms with E-state index in [0.29, 0.717) is 4.43 Å². The summed E-state index contributed by atoms with van der Waals surface area (Å²) in [7, 11) is 1.44. The predicted octanol–water partition coefficient (Wildman–Crippen LogP) is 3.43. The lowest BCUT2D eigenvalue weighted by Crippen LogP contribution is -2.66. The number of rotatable bonds is 15. The average Bonchev–Trinajstić information content (AvgIpc) is 3.08. The van der Waals surface area contributed by atoms with Crippen LogP contribution in [0, 0.1) is 0 Å². The zero-order valence-corrected chi connectivity index (χ0v) is 30.6. The van der Waals surface area contributed by atoms with E-state index >= 15 is 0 Å². The second kappa shape index (κ2) is 19.4. The summed E-state index contributed by atoms with van der Waals surface area (Å²) in [4.78, 5) is 48.8. The van der Waals surface area contributed by atoms with Gasteiger partial charge in [0.2, 0.25) is 0 Å². The summed E-state index contributed by atoms with van der Waals surface area (Å²) in [6.07, 6.45) is -11.2. The van der Waals surface area contributed by atoms with E-state index in [0.717, 1.165) is 31.9 Å². The summed E-state index contributed by atoms with van der Waals surface area (Å²) in [5.41, 5.74) is 1.80. The third-order valence-corrected chi connectivity index (χ3v) is 8.65. The number of hydrogen-bond acceptors (Lipinski definition) is 14. The third kappa shape index (κ3) is 11.2. The van der Waals surface area contributed by atoms with Crippen LogP contribution in [0.3, 0.4) is 0 Å². The number of carbonyl (C=O) groups excluding carboxylic acids is 4.